The van der Waals surface area contributed by atoms with Gasteiger partial charge in [-0.05, 0) is 25.2 Å². The van der Waals surface area contributed by atoms with Crippen molar-refractivity contribution in [2.24, 2.45) is 11.8 Å². The summed E-state index contributed by atoms with van der Waals surface area (Å²) in [5.74, 6) is 0.793. The van der Waals surface area contributed by atoms with Crippen molar-refractivity contribution in [1.29, 1.82) is 0 Å². The minimum absolute atomic E-state index is 0.327. The molecule has 0 saturated heterocycles. The zero-order chi connectivity index (χ0) is 12.2. The molecular formula is C15H28O. The average Bonchev–Trinajstić information content (AvgIpc) is 2.30. The number of rotatable bonds is 5. The van der Waals surface area contributed by atoms with Gasteiger partial charge in [-0.2, -0.15) is 0 Å². The molecule has 0 fully saturated rings. The molecule has 3 unspecified atom stereocenters. The summed E-state index contributed by atoms with van der Waals surface area (Å²) in [5.41, 5.74) is 1.10. The van der Waals surface area contributed by atoms with Crippen molar-refractivity contribution in [3.05, 3.63) is 11.6 Å². The first-order valence-electron chi connectivity index (χ1n) is 7.00. The minimum Gasteiger partial charge on any atom is -0.389 e. The minimum atomic E-state index is -0.441. The maximum atomic E-state index is 10.9. The highest BCUT2D eigenvalue weighted by Gasteiger charge is 2.41. The molecule has 0 heterocycles. The van der Waals surface area contributed by atoms with E-state index in [4.69, 9.17) is 0 Å². The molecule has 0 radical (unpaired) electrons. The average molecular weight is 224 g/mol. The van der Waals surface area contributed by atoms with Crippen molar-refractivity contribution in [3.63, 3.8) is 0 Å². The summed E-state index contributed by atoms with van der Waals surface area (Å²) >= 11 is 0. The van der Waals surface area contributed by atoms with Crippen LogP contribution in [0.25, 0.3) is 0 Å². The Labute approximate surface area is 101 Å². The van der Waals surface area contributed by atoms with E-state index in [0.717, 1.165) is 32.1 Å². The van der Waals surface area contributed by atoms with Gasteiger partial charge in [0.15, 0.2) is 0 Å². The van der Waals surface area contributed by atoms with E-state index in [9.17, 15) is 5.11 Å². The maximum Gasteiger partial charge on any atom is 0.0738 e. The van der Waals surface area contributed by atoms with Crippen LogP contribution in [-0.4, -0.2) is 10.7 Å². The lowest BCUT2D eigenvalue weighted by Gasteiger charge is -2.44. The summed E-state index contributed by atoms with van der Waals surface area (Å²) in [7, 11) is 0. The van der Waals surface area contributed by atoms with E-state index in [1.54, 1.807) is 5.57 Å². The Morgan fingerprint density at radius 1 is 1.38 bits per heavy atom. The van der Waals surface area contributed by atoms with Crippen LogP contribution in [0.1, 0.15) is 66.2 Å². The third kappa shape index (κ3) is 2.68. The second-order valence-electron chi connectivity index (χ2n) is 5.37. The van der Waals surface area contributed by atoms with Gasteiger partial charge in [-0.25, -0.2) is 0 Å². The number of aliphatic hydroxyl groups is 1. The topological polar surface area (TPSA) is 20.2 Å². The monoisotopic (exact) mass is 224 g/mol. The molecule has 16 heavy (non-hydrogen) atoms. The molecule has 0 spiro atoms. The molecule has 1 heteroatoms. The predicted octanol–water partition coefficient (Wildman–Crippen LogP) is 4.31. The molecule has 1 aliphatic carbocycles. The van der Waals surface area contributed by atoms with Gasteiger partial charge in [0, 0.05) is 5.92 Å². The molecule has 94 valence electrons. The normalized spacial score (nSPS) is 34.9. The Balaban J connectivity index is 2.84. The lowest BCUT2D eigenvalue weighted by molar-refractivity contribution is -0.0658. The van der Waals surface area contributed by atoms with E-state index in [2.05, 4.69) is 33.8 Å². The van der Waals surface area contributed by atoms with Gasteiger partial charge in [-0.3, -0.25) is 0 Å². The molecule has 1 rings (SSSR count). The molecule has 1 nitrogen and oxygen atoms in total. The van der Waals surface area contributed by atoms with E-state index in [1.807, 2.05) is 0 Å². The summed E-state index contributed by atoms with van der Waals surface area (Å²) in [6.07, 6.45) is 8.96. The van der Waals surface area contributed by atoms with Gasteiger partial charge in [0.2, 0.25) is 0 Å². The first-order valence-corrected chi connectivity index (χ1v) is 7.00. The van der Waals surface area contributed by atoms with Crippen LogP contribution in [-0.2, 0) is 0 Å². The van der Waals surface area contributed by atoms with Gasteiger partial charge < -0.3 is 5.11 Å². The SMILES string of the molecule is CCCCC1(O)C(C)C=C(CC)CC1CC. The Kier molecular flexibility index (Phi) is 5.04. The molecule has 0 aromatic carbocycles. The van der Waals surface area contributed by atoms with Crippen molar-refractivity contribution < 1.29 is 5.11 Å². The van der Waals surface area contributed by atoms with Crippen molar-refractivity contribution >= 4 is 0 Å². The van der Waals surface area contributed by atoms with E-state index < -0.39 is 5.60 Å². The van der Waals surface area contributed by atoms with Gasteiger partial charge >= 0.3 is 0 Å². The van der Waals surface area contributed by atoms with Crippen LogP contribution < -0.4 is 0 Å². The lowest BCUT2D eigenvalue weighted by atomic mass is 9.66. The Hall–Kier alpha value is -0.300. The molecule has 0 aromatic heterocycles. The summed E-state index contributed by atoms with van der Waals surface area (Å²) in [4.78, 5) is 0. The summed E-state index contributed by atoms with van der Waals surface area (Å²) in [6.45, 7) is 8.83. The number of hydrogen-bond acceptors (Lipinski definition) is 1. The molecule has 1 N–H and O–H groups in total. The van der Waals surface area contributed by atoms with E-state index in [0.29, 0.717) is 11.8 Å². The fourth-order valence-corrected chi connectivity index (χ4v) is 3.08. The first-order chi connectivity index (χ1) is 7.58. The Morgan fingerprint density at radius 3 is 2.56 bits per heavy atom. The standard InChI is InChI=1S/C15H28O/c1-5-8-9-15(16)12(4)10-13(6-2)11-14(15)7-3/h10,12,14,16H,5-9,11H2,1-4H3. The Bertz CT molecular complexity index is 244. The fourth-order valence-electron chi connectivity index (χ4n) is 3.08. The molecular weight excluding hydrogens is 196 g/mol. The fraction of sp³-hybridized carbons (Fsp3) is 0.867. The van der Waals surface area contributed by atoms with E-state index in [-0.39, 0.29) is 0 Å². The van der Waals surface area contributed by atoms with Crippen LogP contribution in [0.3, 0.4) is 0 Å². The maximum absolute atomic E-state index is 10.9. The molecule has 0 saturated carbocycles. The summed E-state index contributed by atoms with van der Waals surface area (Å²) in [5, 5.41) is 10.9. The van der Waals surface area contributed by atoms with Gasteiger partial charge in [0.25, 0.3) is 0 Å². The van der Waals surface area contributed by atoms with Crippen LogP contribution in [0.5, 0.6) is 0 Å². The van der Waals surface area contributed by atoms with Crippen LogP contribution >= 0.6 is 0 Å². The highest BCUT2D eigenvalue weighted by molar-refractivity contribution is 5.15. The quantitative estimate of drug-likeness (QED) is 0.690. The first kappa shape index (κ1) is 13.8. The third-order valence-electron chi connectivity index (χ3n) is 4.37. The number of unbranched alkanes of at least 4 members (excludes halogenated alkanes) is 1. The van der Waals surface area contributed by atoms with Gasteiger partial charge in [0.05, 0.1) is 5.60 Å². The van der Waals surface area contributed by atoms with Crippen LogP contribution in [0.15, 0.2) is 11.6 Å². The predicted molar refractivity (Wildman–Crippen MR) is 70.4 cm³/mol. The smallest absolute Gasteiger partial charge is 0.0738 e. The molecule has 0 amide bonds. The number of hydrogen-bond donors (Lipinski definition) is 1. The lowest BCUT2D eigenvalue weighted by Crippen LogP contribution is -2.45. The van der Waals surface area contributed by atoms with Crippen LogP contribution in [0.4, 0.5) is 0 Å². The summed E-state index contributed by atoms with van der Waals surface area (Å²) < 4.78 is 0. The second kappa shape index (κ2) is 5.86. The summed E-state index contributed by atoms with van der Waals surface area (Å²) in [6, 6.07) is 0. The molecule has 1 aliphatic rings. The third-order valence-corrected chi connectivity index (χ3v) is 4.37. The highest BCUT2D eigenvalue weighted by atomic mass is 16.3. The van der Waals surface area contributed by atoms with Gasteiger partial charge in [0.1, 0.15) is 0 Å². The van der Waals surface area contributed by atoms with E-state index in [1.165, 1.54) is 6.42 Å². The van der Waals surface area contributed by atoms with Crippen molar-refractivity contribution in [2.45, 2.75) is 71.8 Å². The van der Waals surface area contributed by atoms with Gasteiger partial charge in [-0.1, -0.05) is 58.6 Å². The zero-order valence-corrected chi connectivity index (χ0v) is 11.4. The molecule has 0 bridgehead atoms. The Morgan fingerprint density at radius 2 is 2.06 bits per heavy atom. The van der Waals surface area contributed by atoms with Crippen molar-refractivity contribution in [1.82, 2.24) is 0 Å². The van der Waals surface area contributed by atoms with Crippen LogP contribution in [0.2, 0.25) is 0 Å². The number of allylic oxidation sites excluding steroid dienone is 1. The molecule has 0 aromatic rings. The van der Waals surface area contributed by atoms with Gasteiger partial charge in [-0.15, -0.1) is 0 Å². The zero-order valence-electron chi connectivity index (χ0n) is 11.4. The molecule has 3 atom stereocenters. The van der Waals surface area contributed by atoms with Crippen molar-refractivity contribution in [2.75, 3.05) is 0 Å². The highest BCUT2D eigenvalue weighted by Crippen LogP contribution is 2.42. The molecule has 0 aliphatic heterocycles. The second-order valence-corrected chi connectivity index (χ2v) is 5.37. The van der Waals surface area contributed by atoms with E-state index >= 15 is 0 Å². The largest absolute Gasteiger partial charge is 0.389 e. The van der Waals surface area contributed by atoms with Crippen molar-refractivity contribution in [3.8, 4) is 0 Å². The van der Waals surface area contributed by atoms with Crippen LogP contribution in [0, 0.1) is 11.8 Å².